The minimum atomic E-state index is -0.897. The fourth-order valence-corrected chi connectivity index (χ4v) is 4.13. The van der Waals surface area contributed by atoms with Crippen LogP contribution in [0.3, 0.4) is 0 Å². The summed E-state index contributed by atoms with van der Waals surface area (Å²) in [4.78, 5) is 16.2. The quantitative estimate of drug-likeness (QED) is 0.937. The Morgan fingerprint density at radius 2 is 2.10 bits per heavy atom. The molecular weight excluding hydrogens is 286 g/mol. The van der Waals surface area contributed by atoms with E-state index in [4.69, 9.17) is 4.74 Å². The number of aryl methyl sites for hydroxylation is 1. The van der Waals surface area contributed by atoms with E-state index in [1.54, 1.807) is 14.0 Å². The maximum absolute atomic E-state index is 11.3. The zero-order chi connectivity index (χ0) is 15.0. The summed E-state index contributed by atoms with van der Waals surface area (Å²) in [6.07, 6.45) is 3.10. The van der Waals surface area contributed by atoms with Crippen molar-refractivity contribution in [2.24, 2.45) is 0 Å². The molecule has 0 unspecified atom stereocenters. The van der Waals surface area contributed by atoms with Crippen LogP contribution >= 0.6 is 11.3 Å². The Labute approximate surface area is 127 Å². The summed E-state index contributed by atoms with van der Waals surface area (Å²) in [7, 11) is 1.67. The van der Waals surface area contributed by atoms with E-state index in [0.717, 1.165) is 35.6 Å². The van der Waals surface area contributed by atoms with Crippen molar-refractivity contribution in [3.05, 3.63) is 45.4 Å². The van der Waals surface area contributed by atoms with Gasteiger partial charge in [-0.15, -0.1) is 11.3 Å². The van der Waals surface area contributed by atoms with Crippen molar-refractivity contribution in [2.45, 2.75) is 31.6 Å². The topological polar surface area (TPSA) is 59.4 Å². The highest BCUT2D eigenvalue weighted by atomic mass is 32.1. The first-order valence-electron chi connectivity index (χ1n) is 6.93. The van der Waals surface area contributed by atoms with Crippen LogP contribution in [-0.2, 0) is 5.41 Å². The van der Waals surface area contributed by atoms with E-state index in [2.05, 4.69) is 11.1 Å². The average molecular weight is 303 g/mol. The highest BCUT2D eigenvalue weighted by Crippen LogP contribution is 2.52. The number of benzene rings is 1. The molecule has 1 fully saturated rings. The predicted octanol–water partition coefficient (Wildman–Crippen LogP) is 3.63. The molecule has 2 aromatic rings. The summed E-state index contributed by atoms with van der Waals surface area (Å²) in [5.74, 6) is -0.0484. The van der Waals surface area contributed by atoms with Crippen molar-refractivity contribution in [2.75, 3.05) is 7.11 Å². The Hall–Kier alpha value is -1.88. The van der Waals surface area contributed by atoms with E-state index in [-0.39, 0.29) is 5.41 Å². The van der Waals surface area contributed by atoms with E-state index in [1.165, 1.54) is 11.3 Å². The van der Waals surface area contributed by atoms with Crippen LogP contribution in [-0.4, -0.2) is 23.2 Å². The first-order chi connectivity index (χ1) is 10.1. The third-order valence-corrected chi connectivity index (χ3v) is 5.58. The number of methoxy groups -OCH3 is 1. The van der Waals surface area contributed by atoms with Crippen LogP contribution in [0.25, 0.3) is 0 Å². The smallest absolute Gasteiger partial charge is 0.347 e. The third-order valence-electron chi connectivity index (χ3n) is 4.23. The number of ether oxygens (including phenoxy) is 1. The lowest BCUT2D eigenvalue weighted by atomic mass is 9.64. The number of carboxylic acids is 1. The largest absolute Gasteiger partial charge is 0.496 e. The molecule has 21 heavy (non-hydrogen) atoms. The molecule has 0 spiro atoms. The molecule has 1 aliphatic rings. The molecule has 110 valence electrons. The van der Waals surface area contributed by atoms with Crippen LogP contribution in [0.2, 0.25) is 0 Å². The highest BCUT2D eigenvalue weighted by Gasteiger charge is 2.45. The number of carbonyl (C=O) groups is 1. The van der Waals surface area contributed by atoms with Crippen LogP contribution in [0.4, 0.5) is 0 Å². The number of aromatic nitrogens is 1. The molecule has 0 saturated heterocycles. The van der Waals surface area contributed by atoms with Gasteiger partial charge in [0.2, 0.25) is 0 Å². The van der Waals surface area contributed by atoms with E-state index in [1.807, 2.05) is 18.2 Å². The van der Waals surface area contributed by atoms with Gasteiger partial charge in [-0.05, 0) is 25.8 Å². The Kier molecular flexibility index (Phi) is 3.45. The van der Waals surface area contributed by atoms with Gasteiger partial charge in [-0.2, -0.15) is 0 Å². The summed E-state index contributed by atoms with van der Waals surface area (Å²) in [5, 5.41) is 10.1. The SMILES string of the molecule is COc1ccccc1C1(c2nc(C)c(C(=O)O)s2)CCC1. The summed E-state index contributed by atoms with van der Waals surface area (Å²) in [6.45, 7) is 1.76. The number of aromatic carboxylic acids is 1. The molecule has 4 nitrogen and oxygen atoms in total. The van der Waals surface area contributed by atoms with E-state index < -0.39 is 5.97 Å². The molecule has 1 aliphatic carbocycles. The second-order valence-corrected chi connectivity index (χ2v) is 6.37. The molecule has 1 saturated carbocycles. The van der Waals surface area contributed by atoms with Crippen molar-refractivity contribution in [3.8, 4) is 5.75 Å². The van der Waals surface area contributed by atoms with Crippen LogP contribution in [0.15, 0.2) is 24.3 Å². The van der Waals surface area contributed by atoms with Gasteiger partial charge in [0, 0.05) is 5.56 Å². The third kappa shape index (κ3) is 2.12. The fraction of sp³-hybridized carbons (Fsp3) is 0.375. The molecular formula is C16H17NO3S. The van der Waals surface area contributed by atoms with E-state index >= 15 is 0 Å². The maximum Gasteiger partial charge on any atom is 0.347 e. The Balaban J connectivity index is 2.13. The van der Waals surface area contributed by atoms with Crippen molar-refractivity contribution in [3.63, 3.8) is 0 Å². The molecule has 0 radical (unpaired) electrons. The van der Waals surface area contributed by atoms with Crippen LogP contribution < -0.4 is 4.74 Å². The standard InChI is InChI=1S/C16H17NO3S/c1-10-13(14(18)19)21-15(17-10)16(8-5-9-16)11-6-3-4-7-12(11)20-2/h3-4,6-7H,5,8-9H2,1-2H3,(H,18,19). The Morgan fingerprint density at radius 3 is 2.62 bits per heavy atom. The zero-order valence-corrected chi connectivity index (χ0v) is 12.9. The number of para-hydroxylation sites is 1. The molecule has 3 rings (SSSR count). The number of nitrogens with zero attached hydrogens (tertiary/aromatic N) is 1. The Bertz CT molecular complexity index is 689. The second kappa shape index (κ2) is 5.15. The lowest BCUT2D eigenvalue weighted by molar-refractivity contribution is 0.0701. The number of hydrogen-bond acceptors (Lipinski definition) is 4. The van der Waals surface area contributed by atoms with Gasteiger partial charge in [0.05, 0.1) is 18.2 Å². The minimum absolute atomic E-state index is 0.185. The second-order valence-electron chi connectivity index (χ2n) is 5.37. The van der Waals surface area contributed by atoms with Gasteiger partial charge in [0.1, 0.15) is 15.6 Å². The van der Waals surface area contributed by atoms with Gasteiger partial charge in [0.15, 0.2) is 0 Å². The first kappa shape index (κ1) is 14.1. The van der Waals surface area contributed by atoms with Crippen LogP contribution in [0.1, 0.15) is 45.2 Å². The fourth-order valence-electron chi connectivity index (χ4n) is 2.97. The molecule has 5 heteroatoms. The summed E-state index contributed by atoms with van der Waals surface area (Å²) in [5.41, 5.74) is 1.53. The molecule has 0 amide bonds. The molecule has 1 heterocycles. The van der Waals surface area contributed by atoms with Gasteiger partial charge in [-0.1, -0.05) is 24.6 Å². The Morgan fingerprint density at radius 1 is 1.38 bits per heavy atom. The first-order valence-corrected chi connectivity index (χ1v) is 7.75. The van der Waals surface area contributed by atoms with Crippen molar-refractivity contribution in [1.82, 2.24) is 4.98 Å². The monoisotopic (exact) mass is 303 g/mol. The highest BCUT2D eigenvalue weighted by molar-refractivity contribution is 7.13. The number of thiazole rings is 1. The molecule has 1 N–H and O–H groups in total. The van der Waals surface area contributed by atoms with Gasteiger partial charge in [-0.25, -0.2) is 9.78 Å². The van der Waals surface area contributed by atoms with E-state index in [9.17, 15) is 9.90 Å². The van der Waals surface area contributed by atoms with Crippen molar-refractivity contribution >= 4 is 17.3 Å². The molecule has 1 aromatic heterocycles. The number of hydrogen-bond donors (Lipinski definition) is 1. The number of rotatable bonds is 4. The molecule has 0 atom stereocenters. The van der Waals surface area contributed by atoms with Gasteiger partial charge < -0.3 is 9.84 Å². The maximum atomic E-state index is 11.3. The van der Waals surface area contributed by atoms with Gasteiger partial charge >= 0.3 is 5.97 Å². The molecule has 1 aromatic carbocycles. The predicted molar refractivity (Wildman–Crippen MR) is 81.4 cm³/mol. The van der Waals surface area contributed by atoms with Gasteiger partial charge in [0.25, 0.3) is 0 Å². The van der Waals surface area contributed by atoms with E-state index in [0.29, 0.717) is 10.6 Å². The zero-order valence-electron chi connectivity index (χ0n) is 12.0. The van der Waals surface area contributed by atoms with Crippen LogP contribution in [0.5, 0.6) is 5.75 Å². The van der Waals surface area contributed by atoms with Crippen molar-refractivity contribution < 1.29 is 14.6 Å². The molecule has 0 aliphatic heterocycles. The minimum Gasteiger partial charge on any atom is -0.496 e. The van der Waals surface area contributed by atoms with Crippen molar-refractivity contribution in [1.29, 1.82) is 0 Å². The number of carboxylic acid groups (broad SMARTS) is 1. The lowest BCUT2D eigenvalue weighted by Gasteiger charge is -2.41. The summed E-state index contributed by atoms with van der Waals surface area (Å²) >= 11 is 1.30. The summed E-state index contributed by atoms with van der Waals surface area (Å²) < 4.78 is 5.49. The average Bonchev–Trinajstić information content (AvgIpc) is 2.80. The molecule has 0 bridgehead atoms. The van der Waals surface area contributed by atoms with Gasteiger partial charge in [-0.3, -0.25) is 0 Å². The summed E-state index contributed by atoms with van der Waals surface area (Å²) in [6, 6.07) is 7.96. The normalized spacial score (nSPS) is 16.3. The lowest BCUT2D eigenvalue weighted by Crippen LogP contribution is -2.35. The van der Waals surface area contributed by atoms with Crippen LogP contribution in [0, 0.1) is 6.92 Å².